The van der Waals surface area contributed by atoms with Crippen LogP contribution in [0.2, 0.25) is 0 Å². The summed E-state index contributed by atoms with van der Waals surface area (Å²) in [6.07, 6.45) is 4.04. The highest BCUT2D eigenvalue weighted by molar-refractivity contribution is 9.10. The maximum atomic E-state index is 12.6. The standard InChI is InChI=1S/C16H20BrNO3/c1-21-14(19)8-11-18-15(20)16(9-2-3-10-16)12-4-6-13(17)7-5-12/h4-7H,2-3,8-11H2,1H3,(H,18,20). The van der Waals surface area contributed by atoms with Gasteiger partial charge in [-0.1, -0.05) is 40.9 Å². The minimum Gasteiger partial charge on any atom is -0.469 e. The first-order chi connectivity index (χ1) is 10.1. The highest BCUT2D eigenvalue weighted by atomic mass is 79.9. The average Bonchev–Trinajstić information content (AvgIpc) is 2.98. The zero-order valence-electron chi connectivity index (χ0n) is 12.2. The van der Waals surface area contributed by atoms with Crippen molar-refractivity contribution in [1.82, 2.24) is 5.32 Å². The first kappa shape index (κ1) is 16.0. The molecule has 0 aliphatic heterocycles. The molecule has 0 radical (unpaired) electrons. The van der Waals surface area contributed by atoms with Crippen LogP contribution in [0.4, 0.5) is 0 Å². The van der Waals surface area contributed by atoms with Crippen LogP contribution in [0.3, 0.4) is 0 Å². The molecule has 1 saturated carbocycles. The van der Waals surface area contributed by atoms with E-state index in [9.17, 15) is 9.59 Å². The van der Waals surface area contributed by atoms with Gasteiger partial charge in [-0.25, -0.2) is 0 Å². The fourth-order valence-electron chi connectivity index (χ4n) is 2.94. The number of methoxy groups -OCH3 is 1. The average molecular weight is 354 g/mol. The maximum Gasteiger partial charge on any atom is 0.307 e. The van der Waals surface area contributed by atoms with Gasteiger partial charge in [0.25, 0.3) is 0 Å². The Labute approximate surface area is 133 Å². The number of ether oxygens (including phenoxy) is 1. The Morgan fingerprint density at radius 1 is 1.24 bits per heavy atom. The lowest BCUT2D eigenvalue weighted by molar-refractivity contribution is -0.140. The molecule has 21 heavy (non-hydrogen) atoms. The Hall–Kier alpha value is -1.36. The number of carbonyl (C=O) groups excluding carboxylic acids is 2. The van der Waals surface area contributed by atoms with Crippen molar-refractivity contribution >= 4 is 27.8 Å². The number of amides is 1. The zero-order chi connectivity index (χ0) is 15.3. The molecule has 114 valence electrons. The summed E-state index contributed by atoms with van der Waals surface area (Å²) in [4.78, 5) is 23.8. The van der Waals surface area contributed by atoms with Crippen LogP contribution in [0.1, 0.15) is 37.7 Å². The van der Waals surface area contributed by atoms with Crippen molar-refractivity contribution in [3.05, 3.63) is 34.3 Å². The molecule has 1 aromatic rings. The molecule has 0 saturated heterocycles. The van der Waals surface area contributed by atoms with Gasteiger partial charge in [0, 0.05) is 11.0 Å². The molecule has 1 aliphatic rings. The molecule has 0 atom stereocenters. The van der Waals surface area contributed by atoms with Gasteiger partial charge >= 0.3 is 5.97 Å². The second-order valence-electron chi connectivity index (χ2n) is 5.38. The third kappa shape index (κ3) is 3.64. The second kappa shape index (κ2) is 7.07. The molecule has 1 aromatic carbocycles. The van der Waals surface area contributed by atoms with Crippen LogP contribution in [0.5, 0.6) is 0 Å². The van der Waals surface area contributed by atoms with Gasteiger partial charge < -0.3 is 10.1 Å². The SMILES string of the molecule is COC(=O)CCNC(=O)C1(c2ccc(Br)cc2)CCCC1. The summed E-state index contributed by atoms with van der Waals surface area (Å²) in [5.41, 5.74) is 0.607. The molecular weight excluding hydrogens is 334 g/mol. The predicted octanol–water partition coefficient (Wildman–Crippen LogP) is 2.94. The van der Waals surface area contributed by atoms with Crippen LogP contribution in [0.15, 0.2) is 28.7 Å². The highest BCUT2D eigenvalue weighted by Gasteiger charge is 2.42. The molecule has 0 heterocycles. The Kier molecular flexibility index (Phi) is 5.39. The van der Waals surface area contributed by atoms with Crippen LogP contribution in [0.25, 0.3) is 0 Å². The topological polar surface area (TPSA) is 55.4 Å². The van der Waals surface area contributed by atoms with Gasteiger partial charge in [-0.05, 0) is 30.5 Å². The fraction of sp³-hybridized carbons (Fsp3) is 0.500. The molecule has 1 fully saturated rings. The first-order valence-corrected chi connectivity index (χ1v) is 7.99. The molecule has 1 amide bonds. The van der Waals surface area contributed by atoms with E-state index in [0.29, 0.717) is 6.54 Å². The van der Waals surface area contributed by atoms with Gasteiger partial charge in [-0.2, -0.15) is 0 Å². The fourth-order valence-corrected chi connectivity index (χ4v) is 3.21. The smallest absolute Gasteiger partial charge is 0.307 e. The first-order valence-electron chi connectivity index (χ1n) is 7.20. The number of halogens is 1. The molecule has 0 unspecified atom stereocenters. The number of benzene rings is 1. The summed E-state index contributed by atoms with van der Waals surface area (Å²) in [6.45, 7) is 0.323. The Balaban J connectivity index is 2.09. The van der Waals surface area contributed by atoms with Gasteiger partial charge in [-0.15, -0.1) is 0 Å². The van der Waals surface area contributed by atoms with E-state index in [1.165, 1.54) is 7.11 Å². The van der Waals surface area contributed by atoms with Gasteiger partial charge in [0.1, 0.15) is 0 Å². The number of nitrogens with one attached hydrogen (secondary N) is 1. The summed E-state index contributed by atoms with van der Waals surface area (Å²) in [7, 11) is 1.35. The van der Waals surface area contributed by atoms with E-state index in [-0.39, 0.29) is 18.3 Å². The normalized spacial score (nSPS) is 16.5. The van der Waals surface area contributed by atoms with Crippen molar-refractivity contribution in [2.24, 2.45) is 0 Å². The van der Waals surface area contributed by atoms with Crippen LogP contribution in [-0.2, 0) is 19.7 Å². The maximum absolute atomic E-state index is 12.6. The number of hydrogen-bond donors (Lipinski definition) is 1. The van der Waals surface area contributed by atoms with Gasteiger partial charge in [0.2, 0.25) is 5.91 Å². The molecule has 0 aromatic heterocycles. The minimum atomic E-state index is -0.448. The van der Waals surface area contributed by atoms with E-state index >= 15 is 0 Å². The lowest BCUT2D eigenvalue weighted by Crippen LogP contribution is -2.43. The molecule has 0 bridgehead atoms. The minimum absolute atomic E-state index is 0.0197. The molecule has 5 heteroatoms. The van der Waals surface area contributed by atoms with Crippen molar-refractivity contribution in [3.8, 4) is 0 Å². The van der Waals surface area contributed by atoms with Crippen molar-refractivity contribution in [2.75, 3.05) is 13.7 Å². The van der Waals surface area contributed by atoms with E-state index < -0.39 is 5.41 Å². The van der Waals surface area contributed by atoms with Crippen LogP contribution in [-0.4, -0.2) is 25.5 Å². The van der Waals surface area contributed by atoms with Crippen LogP contribution in [0, 0.1) is 0 Å². The third-order valence-electron chi connectivity index (χ3n) is 4.13. The number of esters is 1. The molecule has 4 nitrogen and oxygen atoms in total. The van der Waals surface area contributed by atoms with Crippen molar-refractivity contribution < 1.29 is 14.3 Å². The van der Waals surface area contributed by atoms with Gasteiger partial charge in [0.15, 0.2) is 0 Å². The van der Waals surface area contributed by atoms with E-state index in [4.69, 9.17) is 0 Å². The van der Waals surface area contributed by atoms with Crippen LogP contribution < -0.4 is 5.32 Å². The van der Waals surface area contributed by atoms with Crippen LogP contribution >= 0.6 is 15.9 Å². The Morgan fingerprint density at radius 2 is 1.86 bits per heavy atom. The summed E-state index contributed by atoms with van der Waals surface area (Å²) in [6, 6.07) is 7.96. The predicted molar refractivity (Wildman–Crippen MR) is 83.9 cm³/mol. The summed E-state index contributed by atoms with van der Waals surface area (Å²) < 4.78 is 5.59. The van der Waals surface area contributed by atoms with Gasteiger partial charge in [0.05, 0.1) is 18.9 Å². The third-order valence-corrected chi connectivity index (χ3v) is 4.66. The second-order valence-corrected chi connectivity index (χ2v) is 6.29. The Morgan fingerprint density at radius 3 is 2.43 bits per heavy atom. The van der Waals surface area contributed by atoms with Crippen molar-refractivity contribution in [3.63, 3.8) is 0 Å². The van der Waals surface area contributed by atoms with E-state index in [1.807, 2.05) is 24.3 Å². The van der Waals surface area contributed by atoms with E-state index in [0.717, 1.165) is 35.7 Å². The number of hydrogen-bond acceptors (Lipinski definition) is 3. The quantitative estimate of drug-likeness (QED) is 0.828. The van der Waals surface area contributed by atoms with Gasteiger partial charge in [-0.3, -0.25) is 9.59 Å². The van der Waals surface area contributed by atoms with Crippen molar-refractivity contribution in [2.45, 2.75) is 37.5 Å². The van der Waals surface area contributed by atoms with E-state index in [1.54, 1.807) is 0 Å². The molecule has 1 aliphatic carbocycles. The van der Waals surface area contributed by atoms with Crippen molar-refractivity contribution in [1.29, 1.82) is 0 Å². The number of rotatable bonds is 5. The number of carbonyl (C=O) groups is 2. The summed E-state index contributed by atoms with van der Waals surface area (Å²) in [5.74, 6) is -0.286. The highest BCUT2D eigenvalue weighted by Crippen LogP contribution is 2.41. The lowest BCUT2D eigenvalue weighted by atomic mass is 9.78. The Bertz CT molecular complexity index is 507. The molecule has 2 rings (SSSR count). The molecule has 0 spiro atoms. The monoisotopic (exact) mass is 353 g/mol. The molecule has 1 N–H and O–H groups in total. The largest absolute Gasteiger partial charge is 0.469 e. The summed E-state index contributed by atoms with van der Waals surface area (Å²) >= 11 is 3.42. The lowest BCUT2D eigenvalue weighted by Gasteiger charge is -2.28. The van der Waals surface area contributed by atoms with E-state index in [2.05, 4.69) is 26.0 Å². The summed E-state index contributed by atoms with van der Waals surface area (Å²) in [5, 5.41) is 2.89. The molecular formula is C16H20BrNO3. The zero-order valence-corrected chi connectivity index (χ0v) is 13.7.